The number of halogens is 1. The van der Waals surface area contributed by atoms with Gasteiger partial charge in [0, 0.05) is 6.20 Å². The number of nitrogens with zero attached hydrogens (tertiary/aromatic N) is 1. The number of terminal acetylenes is 1. The van der Waals surface area contributed by atoms with Crippen LogP contribution in [0.25, 0.3) is 0 Å². The molecule has 0 fully saturated rings. The average Bonchev–Trinajstić information content (AvgIpc) is 2.05. The molecule has 0 aromatic carbocycles. The molecule has 0 aliphatic rings. The van der Waals surface area contributed by atoms with Gasteiger partial charge in [0.15, 0.2) is 0 Å². The predicted octanol–water partition coefficient (Wildman–Crippen LogP) is 2.84. The monoisotopic (exact) mass is 179 g/mol. The minimum absolute atomic E-state index is 0.382. The van der Waals surface area contributed by atoms with Crippen molar-refractivity contribution < 1.29 is 0 Å². The van der Waals surface area contributed by atoms with Crippen molar-refractivity contribution in [3.8, 4) is 12.3 Å². The highest BCUT2D eigenvalue weighted by atomic mass is 35.5. The predicted molar refractivity (Wildman–Crippen MR) is 51.3 cm³/mol. The molecule has 0 spiro atoms. The van der Waals surface area contributed by atoms with Gasteiger partial charge in [0.25, 0.3) is 0 Å². The Morgan fingerprint density at radius 2 is 2.25 bits per heavy atom. The van der Waals surface area contributed by atoms with E-state index in [1.807, 2.05) is 6.07 Å². The number of pyridine rings is 1. The van der Waals surface area contributed by atoms with E-state index in [9.17, 15) is 0 Å². The Hall–Kier alpha value is -1.00. The summed E-state index contributed by atoms with van der Waals surface area (Å²) in [5.41, 5.74) is 1.70. The largest absolute Gasteiger partial charge is 0.246 e. The van der Waals surface area contributed by atoms with Crippen LogP contribution < -0.4 is 0 Å². The molecule has 62 valence electrons. The molecule has 0 aliphatic heterocycles. The Labute approximate surface area is 77.8 Å². The smallest absolute Gasteiger partial charge is 0.113 e. The maximum atomic E-state index is 5.92. The standard InChI is InChI=1S/C10H10ClN/c1-4-8-5-9(7(2)3)10(11)6-12-8/h1,5-7H,2-3H3. The second-order valence-corrected chi connectivity index (χ2v) is 3.30. The maximum Gasteiger partial charge on any atom is 0.113 e. The van der Waals surface area contributed by atoms with E-state index in [4.69, 9.17) is 18.0 Å². The Morgan fingerprint density at radius 1 is 1.58 bits per heavy atom. The summed E-state index contributed by atoms with van der Waals surface area (Å²) in [6.07, 6.45) is 6.82. The van der Waals surface area contributed by atoms with Gasteiger partial charge >= 0.3 is 0 Å². The van der Waals surface area contributed by atoms with Crippen LogP contribution in [0.4, 0.5) is 0 Å². The Balaban J connectivity index is 3.19. The summed E-state index contributed by atoms with van der Waals surface area (Å²) in [4.78, 5) is 3.97. The molecule has 0 saturated carbocycles. The zero-order valence-corrected chi connectivity index (χ0v) is 7.89. The fourth-order valence-electron chi connectivity index (χ4n) is 0.976. The number of rotatable bonds is 1. The third-order valence-corrected chi connectivity index (χ3v) is 1.97. The molecule has 1 aromatic heterocycles. The molecule has 0 saturated heterocycles. The number of aromatic nitrogens is 1. The topological polar surface area (TPSA) is 12.9 Å². The molecule has 0 unspecified atom stereocenters. The van der Waals surface area contributed by atoms with Gasteiger partial charge in [-0.05, 0) is 17.5 Å². The van der Waals surface area contributed by atoms with Gasteiger partial charge in [0.05, 0.1) is 5.02 Å². The van der Waals surface area contributed by atoms with Crippen LogP contribution in [0.1, 0.15) is 31.0 Å². The third kappa shape index (κ3) is 1.78. The highest BCUT2D eigenvalue weighted by molar-refractivity contribution is 6.31. The fourth-order valence-corrected chi connectivity index (χ4v) is 1.30. The summed E-state index contributed by atoms with van der Waals surface area (Å²) < 4.78 is 0. The molecule has 0 atom stereocenters. The van der Waals surface area contributed by atoms with Gasteiger partial charge in [-0.15, -0.1) is 6.42 Å². The van der Waals surface area contributed by atoms with Crippen LogP contribution >= 0.6 is 11.6 Å². The quantitative estimate of drug-likeness (QED) is 0.605. The minimum Gasteiger partial charge on any atom is -0.246 e. The summed E-state index contributed by atoms with van der Waals surface area (Å²) in [6, 6.07) is 1.85. The van der Waals surface area contributed by atoms with Gasteiger partial charge in [0.2, 0.25) is 0 Å². The molecule has 0 bridgehead atoms. The Kier molecular flexibility index (Phi) is 2.73. The lowest BCUT2D eigenvalue weighted by Crippen LogP contribution is -1.92. The molecule has 12 heavy (non-hydrogen) atoms. The minimum atomic E-state index is 0.382. The van der Waals surface area contributed by atoms with Crippen LogP contribution in [-0.4, -0.2) is 4.98 Å². The van der Waals surface area contributed by atoms with Crippen LogP contribution in [0.3, 0.4) is 0 Å². The van der Waals surface area contributed by atoms with E-state index in [0.29, 0.717) is 16.6 Å². The van der Waals surface area contributed by atoms with Crippen molar-refractivity contribution in [3.63, 3.8) is 0 Å². The van der Waals surface area contributed by atoms with Gasteiger partial charge in [-0.1, -0.05) is 31.4 Å². The normalized spacial score (nSPS) is 9.92. The summed E-state index contributed by atoms with van der Waals surface area (Å²) in [6.45, 7) is 4.14. The van der Waals surface area contributed by atoms with E-state index in [1.54, 1.807) is 6.20 Å². The fraction of sp³-hybridized carbons (Fsp3) is 0.300. The molecular formula is C10H10ClN. The van der Waals surface area contributed by atoms with Crippen molar-refractivity contribution in [1.29, 1.82) is 0 Å². The van der Waals surface area contributed by atoms with E-state index in [2.05, 4.69) is 24.8 Å². The van der Waals surface area contributed by atoms with Crippen LogP contribution in [-0.2, 0) is 0 Å². The zero-order valence-electron chi connectivity index (χ0n) is 7.13. The van der Waals surface area contributed by atoms with E-state index >= 15 is 0 Å². The summed E-state index contributed by atoms with van der Waals surface area (Å²) in [5, 5.41) is 0.684. The lowest BCUT2D eigenvalue weighted by atomic mass is 10.0. The van der Waals surface area contributed by atoms with Crippen LogP contribution in [0.5, 0.6) is 0 Å². The number of hydrogen-bond acceptors (Lipinski definition) is 1. The first-order valence-corrected chi connectivity index (χ1v) is 4.15. The third-order valence-electron chi connectivity index (χ3n) is 1.65. The van der Waals surface area contributed by atoms with Crippen LogP contribution in [0.2, 0.25) is 5.02 Å². The van der Waals surface area contributed by atoms with Crippen molar-refractivity contribution >= 4 is 11.6 Å². The average molecular weight is 180 g/mol. The molecule has 0 amide bonds. The first-order valence-electron chi connectivity index (χ1n) is 3.77. The van der Waals surface area contributed by atoms with Crippen molar-refractivity contribution in [2.24, 2.45) is 0 Å². The summed E-state index contributed by atoms with van der Waals surface area (Å²) in [7, 11) is 0. The Bertz CT molecular complexity index is 323. The van der Waals surface area contributed by atoms with Gasteiger partial charge < -0.3 is 0 Å². The molecule has 1 heterocycles. The van der Waals surface area contributed by atoms with Gasteiger partial charge in [0.1, 0.15) is 5.69 Å². The molecule has 2 heteroatoms. The van der Waals surface area contributed by atoms with E-state index < -0.39 is 0 Å². The van der Waals surface area contributed by atoms with E-state index in [-0.39, 0.29) is 0 Å². The molecule has 0 radical (unpaired) electrons. The molecular weight excluding hydrogens is 170 g/mol. The highest BCUT2D eigenvalue weighted by Crippen LogP contribution is 2.23. The number of hydrogen-bond donors (Lipinski definition) is 0. The SMILES string of the molecule is C#Cc1cc(C(C)C)c(Cl)cn1. The lowest BCUT2D eigenvalue weighted by Gasteiger charge is -2.06. The highest BCUT2D eigenvalue weighted by Gasteiger charge is 2.05. The first kappa shape index (κ1) is 9.09. The second-order valence-electron chi connectivity index (χ2n) is 2.89. The molecule has 0 aliphatic carbocycles. The van der Waals surface area contributed by atoms with Crippen molar-refractivity contribution in [2.75, 3.05) is 0 Å². The van der Waals surface area contributed by atoms with Gasteiger partial charge in [-0.2, -0.15) is 0 Å². The lowest BCUT2D eigenvalue weighted by molar-refractivity contribution is 0.862. The molecule has 1 aromatic rings. The first-order chi connectivity index (χ1) is 5.65. The van der Waals surface area contributed by atoms with Crippen molar-refractivity contribution in [1.82, 2.24) is 4.98 Å². The molecule has 0 N–H and O–H groups in total. The van der Waals surface area contributed by atoms with E-state index in [1.165, 1.54) is 0 Å². The van der Waals surface area contributed by atoms with Crippen LogP contribution in [0, 0.1) is 12.3 Å². The van der Waals surface area contributed by atoms with Crippen LogP contribution in [0.15, 0.2) is 12.3 Å². The van der Waals surface area contributed by atoms with Crippen molar-refractivity contribution in [2.45, 2.75) is 19.8 Å². The zero-order chi connectivity index (χ0) is 9.14. The summed E-state index contributed by atoms with van der Waals surface area (Å²) in [5.74, 6) is 2.86. The maximum absolute atomic E-state index is 5.92. The Morgan fingerprint density at radius 3 is 2.75 bits per heavy atom. The summed E-state index contributed by atoms with van der Waals surface area (Å²) >= 11 is 5.92. The van der Waals surface area contributed by atoms with Gasteiger partial charge in [-0.25, -0.2) is 4.98 Å². The van der Waals surface area contributed by atoms with E-state index in [0.717, 1.165) is 5.56 Å². The second kappa shape index (κ2) is 3.60. The molecule has 1 nitrogen and oxygen atoms in total. The molecule has 1 rings (SSSR count). The van der Waals surface area contributed by atoms with Gasteiger partial charge in [-0.3, -0.25) is 0 Å². The van der Waals surface area contributed by atoms with Crippen molar-refractivity contribution in [3.05, 3.63) is 28.5 Å².